The first kappa shape index (κ1) is 28.3. The van der Waals surface area contributed by atoms with Crippen molar-refractivity contribution in [2.24, 2.45) is 0 Å². The van der Waals surface area contributed by atoms with Gasteiger partial charge >= 0.3 is 0 Å². The highest BCUT2D eigenvalue weighted by atomic mass is 15.0. The zero-order chi connectivity index (χ0) is 33.0. The zero-order valence-electron chi connectivity index (χ0n) is 27.1. The summed E-state index contributed by atoms with van der Waals surface area (Å²) in [5.41, 5.74) is 12.9. The van der Waals surface area contributed by atoms with E-state index in [2.05, 4.69) is 115 Å². The highest BCUT2D eigenvalue weighted by molar-refractivity contribution is 6.17. The number of rotatable bonds is 5. The van der Waals surface area contributed by atoms with Gasteiger partial charge in [0.15, 0.2) is 17.5 Å². The van der Waals surface area contributed by atoms with Crippen LogP contribution in [0.5, 0.6) is 0 Å². The van der Waals surface area contributed by atoms with Crippen LogP contribution in [0, 0.1) is 0 Å². The Morgan fingerprint density at radius 2 is 0.800 bits per heavy atom. The summed E-state index contributed by atoms with van der Waals surface area (Å²) in [7, 11) is 0. The molecule has 0 N–H and O–H groups in total. The molecule has 1 aromatic heterocycles. The first-order chi connectivity index (χ1) is 24.8. The predicted octanol–water partition coefficient (Wildman–Crippen LogP) is 12.2. The van der Waals surface area contributed by atoms with Crippen molar-refractivity contribution in [3.63, 3.8) is 0 Å². The highest BCUT2D eigenvalue weighted by Gasteiger charge is 2.23. The summed E-state index contributed by atoms with van der Waals surface area (Å²) in [5.74, 6) is 1.96. The van der Waals surface area contributed by atoms with E-state index in [4.69, 9.17) is 15.0 Å². The van der Waals surface area contributed by atoms with Crippen LogP contribution in [-0.4, -0.2) is 15.0 Å². The van der Waals surface area contributed by atoms with Crippen LogP contribution in [0.25, 0.3) is 100 Å². The van der Waals surface area contributed by atoms with Crippen LogP contribution in [0.4, 0.5) is 0 Å². The maximum absolute atomic E-state index is 4.96. The molecular formula is C47H29N3. The minimum atomic E-state index is 0.648. The molecule has 1 aliphatic rings. The molecule has 0 saturated carbocycles. The summed E-state index contributed by atoms with van der Waals surface area (Å²) in [6.07, 6.45) is 0. The monoisotopic (exact) mass is 635 g/mol. The molecular weight excluding hydrogens is 607 g/mol. The average molecular weight is 636 g/mol. The van der Waals surface area contributed by atoms with Gasteiger partial charge in [-0.3, -0.25) is 0 Å². The third-order valence-electron chi connectivity index (χ3n) is 9.86. The fourth-order valence-electron chi connectivity index (χ4n) is 7.52. The molecule has 0 saturated heterocycles. The summed E-state index contributed by atoms with van der Waals surface area (Å²) in [5, 5.41) is 5.06. The molecule has 10 rings (SSSR count). The Kier molecular flexibility index (Phi) is 6.49. The molecule has 50 heavy (non-hydrogen) atoms. The summed E-state index contributed by atoms with van der Waals surface area (Å²) in [6, 6.07) is 62.3. The van der Waals surface area contributed by atoms with E-state index in [-0.39, 0.29) is 0 Å². The van der Waals surface area contributed by atoms with Gasteiger partial charge in [-0.15, -0.1) is 0 Å². The second-order valence-electron chi connectivity index (χ2n) is 12.8. The van der Waals surface area contributed by atoms with Crippen LogP contribution in [0.15, 0.2) is 176 Å². The Morgan fingerprint density at radius 3 is 1.48 bits per heavy atom. The number of fused-ring (bicyclic) bond motifs is 4. The van der Waals surface area contributed by atoms with Crippen molar-refractivity contribution >= 4 is 21.5 Å². The first-order valence-electron chi connectivity index (χ1n) is 16.9. The Labute approximate surface area is 290 Å². The quantitative estimate of drug-likeness (QED) is 0.189. The Hall–Kier alpha value is -6.71. The standard InChI is InChI=1S/C47H29N3/c1-3-13-32(14-4-1)45-48-46(33-15-5-2-6-16-33)50-47(49-45)34-24-22-31(23-25-34)38-27-26-30-12-7-8-18-37(30)44(38)36-28-35-17-11-21-41-39-19-9-10-20-40(39)42(29-36)43(35)41/h1-29H. The van der Waals surface area contributed by atoms with E-state index in [1.54, 1.807) is 0 Å². The Bertz CT molecular complexity index is 2680. The minimum absolute atomic E-state index is 0.648. The van der Waals surface area contributed by atoms with Gasteiger partial charge < -0.3 is 0 Å². The van der Waals surface area contributed by atoms with Crippen LogP contribution in [0.1, 0.15) is 0 Å². The number of hydrogen-bond acceptors (Lipinski definition) is 3. The highest BCUT2D eigenvalue weighted by Crippen LogP contribution is 2.50. The van der Waals surface area contributed by atoms with Gasteiger partial charge in [-0.1, -0.05) is 164 Å². The van der Waals surface area contributed by atoms with E-state index < -0.39 is 0 Å². The number of aromatic nitrogens is 3. The van der Waals surface area contributed by atoms with Gasteiger partial charge in [0.1, 0.15) is 0 Å². The topological polar surface area (TPSA) is 38.7 Å². The van der Waals surface area contributed by atoms with Crippen LogP contribution < -0.4 is 0 Å². The normalized spacial score (nSPS) is 11.6. The van der Waals surface area contributed by atoms with Crippen molar-refractivity contribution in [2.45, 2.75) is 0 Å². The number of benzene rings is 8. The molecule has 232 valence electrons. The van der Waals surface area contributed by atoms with Crippen molar-refractivity contribution < 1.29 is 0 Å². The molecule has 3 nitrogen and oxygen atoms in total. The van der Waals surface area contributed by atoms with Gasteiger partial charge in [0.05, 0.1) is 0 Å². The van der Waals surface area contributed by atoms with E-state index in [0.717, 1.165) is 22.3 Å². The van der Waals surface area contributed by atoms with Crippen LogP contribution >= 0.6 is 0 Å². The van der Waals surface area contributed by atoms with Crippen molar-refractivity contribution in [2.75, 3.05) is 0 Å². The number of nitrogens with zero attached hydrogens (tertiary/aromatic N) is 3. The molecule has 0 radical (unpaired) electrons. The smallest absolute Gasteiger partial charge is 0.164 e. The van der Waals surface area contributed by atoms with Gasteiger partial charge in [0.2, 0.25) is 0 Å². The predicted molar refractivity (Wildman–Crippen MR) is 206 cm³/mol. The van der Waals surface area contributed by atoms with Crippen molar-refractivity contribution in [3.8, 4) is 78.7 Å². The molecule has 0 spiro atoms. The lowest BCUT2D eigenvalue weighted by Gasteiger charge is -2.16. The summed E-state index contributed by atoms with van der Waals surface area (Å²) >= 11 is 0. The van der Waals surface area contributed by atoms with Gasteiger partial charge in [0, 0.05) is 16.7 Å². The summed E-state index contributed by atoms with van der Waals surface area (Å²) < 4.78 is 0. The van der Waals surface area contributed by atoms with Crippen molar-refractivity contribution in [3.05, 3.63) is 176 Å². The Balaban J connectivity index is 1.13. The lowest BCUT2D eigenvalue weighted by atomic mass is 9.87. The molecule has 0 bridgehead atoms. The van der Waals surface area contributed by atoms with E-state index in [1.165, 1.54) is 60.5 Å². The SMILES string of the molecule is c1ccc(-c2nc(-c3ccccc3)nc(-c3ccc(-c4ccc5ccccc5c4-c4cc5c6c(cccc6c4)-c4ccccc4-5)cc3)n2)cc1. The van der Waals surface area contributed by atoms with Crippen LogP contribution in [0.2, 0.25) is 0 Å². The molecule has 0 unspecified atom stereocenters. The summed E-state index contributed by atoms with van der Waals surface area (Å²) in [6.45, 7) is 0. The largest absolute Gasteiger partial charge is 0.208 e. The third kappa shape index (κ3) is 4.63. The lowest BCUT2D eigenvalue weighted by molar-refractivity contribution is 1.07. The van der Waals surface area contributed by atoms with Crippen molar-refractivity contribution in [1.82, 2.24) is 15.0 Å². The average Bonchev–Trinajstić information content (AvgIpc) is 3.52. The van der Waals surface area contributed by atoms with E-state index in [9.17, 15) is 0 Å². The van der Waals surface area contributed by atoms with Gasteiger partial charge in [-0.2, -0.15) is 0 Å². The molecule has 3 heteroatoms. The third-order valence-corrected chi connectivity index (χ3v) is 9.86. The lowest BCUT2D eigenvalue weighted by Crippen LogP contribution is -2.00. The Morgan fingerprint density at radius 1 is 0.280 bits per heavy atom. The molecule has 0 amide bonds. The first-order valence-corrected chi connectivity index (χ1v) is 16.9. The molecule has 0 atom stereocenters. The molecule has 9 aromatic rings. The molecule has 0 aliphatic heterocycles. The second kappa shape index (κ2) is 11.5. The fourth-order valence-corrected chi connectivity index (χ4v) is 7.52. The molecule has 8 aromatic carbocycles. The molecule has 1 aliphatic carbocycles. The molecule has 0 fully saturated rings. The fraction of sp³-hybridized carbons (Fsp3) is 0. The maximum Gasteiger partial charge on any atom is 0.164 e. The van der Waals surface area contributed by atoms with Gasteiger partial charge in [-0.25, -0.2) is 15.0 Å². The van der Waals surface area contributed by atoms with Crippen molar-refractivity contribution in [1.29, 1.82) is 0 Å². The maximum atomic E-state index is 4.96. The summed E-state index contributed by atoms with van der Waals surface area (Å²) in [4.78, 5) is 14.8. The second-order valence-corrected chi connectivity index (χ2v) is 12.8. The van der Waals surface area contributed by atoms with E-state index >= 15 is 0 Å². The van der Waals surface area contributed by atoms with E-state index in [1.807, 2.05) is 60.7 Å². The molecule has 1 heterocycles. The van der Waals surface area contributed by atoms with Gasteiger partial charge in [-0.05, 0) is 78.2 Å². The number of hydrogen-bond donors (Lipinski definition) is 0. The minimum Gasteiger partial charge on any atom is -0.208 e. The zero-order valence-corrected chi connectivity index (χ0v) is 27.1. The van der Waals surface area contributed by atoms with Crippen LogP contribution in [0.3, 0.4) is 0 Å². The van der Waals surface area contributed by atoms with E-state index in [0.29, 0.717) is 17.5 Å². The van der Waals surface area contributed by atoms with Gasteiger partial charge in [0.25, 0.3) is 0 Å². The van der Waals surface area contributed by atoms with Crippen LogP contribution in [-0.2, 0) is 0 Å².